The molecule has 0 aliphatic rings. The van der Waals surface area contributed by atoms with E-state index in [2.05, 4.69) is 5.10 Å². The monoisotopic (exact) mass is 467 g/mol. The van der Waals surface area contributed by atoms with Gasteiger partial charge in [0.15, 0.2) is 12.3 Å². The van der Waals surface area contributed by atoms with E-state index in [4.69, 9.17) is 16.3 Å². The van der Waals surface area contributed by atoms with E-state index in [9.17, 15) is 18.8 Å². The number of ether oxygens (including phenoxy) is 1. The smallest absolute Gasteiger partial charge is 0.359 e. The van der Waals surface area contributed by atoms with Crippen molar-refractivity contribution >= 4 is 34.1 Å². The van der Waals surface area contributed by atoms with Gasteiger partial charge in [-0.15, -0.1) is 0 Å². The third-order valence-corrected chi connectivity index (χ3v) is 5.67. The molecule has 168 valence electrons. The maximum atomic E-state index is 13.5. The summed E-state index contributed by atoms with van der Waals surface area (Å²) in [7, 11) is 1.44. The van der Waals surface area contributed by atoms with Gasteiger partial charge in [-0.05, 0) is 44.2 Å². The van der Waals surface area contributed by atoms with E-state index in [1.807, 2.05) is 0 Å². The van der Waals surface area contributed by atoms with E-state index in [1.54, 1.807) is 54.8 Å². The highest BCUT2D eigenvalue weighted by atomic mass is 35.5. The lowest BCUT2D eigenvalue weighted by Gasteiger charge is -2.11. The molecule has 4 rings (SSSR count). The maximum absolute atomic E-state index is 13.5. The first kappa shape index (κ1) is 22.4. The van der Waals surface area contributed by atoms with Gasteiger partial charge in [0.1, 0.15) is 5.82 Å². The van der Waals surface area contributed by atoms with Gasteiger partial charge in [-0.25, -0.2) is 13.9 Å². The molecule has 0 spiro atoms. The molecule has 4 aromatic rings. The summed E-state index contributed by atoms with van der Waals surface area (Å²) in [6, 6.07) is 12.5. The third-order valence-electron chi connectivity index (χ3n) is 5.38. The molecular weight excluding hydrogens is 449 g/mol. The number of rotatable bonds is 5. The van der Waals surface area contributed by atoms with Crippen molar-refractivity contribution in [1.29, 1.82) is 0 Å². The number of carbonyl (C=O) groups is 2. The van der Waals surface area contributed by atoms with Crippen LogP contribution in [0.3, 0.4) is 0 Å². The topological polar surface area (TPSA) is 83.2 Å². The van der Waals surface area contributed by atoms with Crippen LogP contribution in [0.15, 0.2) is 53.3 Å². The number of ketones is 1. The van der Waals surface area contributed by atoms with E-state index in [0.29, 0.717) is 27.7 Å². The Morgan fingerprint density at radius 3 is 2.48 bits per heavy atom. The van der Waals surface area contributed by atoms with Crippen LogP contribution in [-0.2, 0) is 11.8 Å². The molecule has 7 nitrogen and oxygen atoms in total. The average molecular weight is 468 g/mol. The number of esters is 1. The first-order valence-electron chi connectivity index (χ1n) is 9.99. The van der Waals surface area contributed by atoms with Gasteiger partial charge in [-0.1, -0.05) is 29.8 Å². The normalized spacial score (nSPS) is 11.1. The van der Waals surface area contributed by atoms with E-state index < -0.39 is 24.2 Å². The molecule has 0 saturated carbocycles. The summed E-state index contributed by atoms with van der Waals surface area (Å²) in [5, 5.41) is 4.66. The zero-order valence-corrected chi connectivity index (χ0v) is 18.8. The predicted octanol–water partition coefficient (Wildman–Crippen LogP) is 4.17. The molecule has 2 heterocycles. The number of hydrogen-bond donors (Lipinski definition) is 0. The predicted molar refractivity (Wildman–Crippen MR) is 122 cm³/mol. The Balaban J connectivity index is 1.59. The molecule has 0 atom stereocenters. The van der Waals surface area contributed by atoms with Crippen LogP contribution in [0.1, 0.15) is 32.2 Å². The summed E-state index contributed by atoms with van der Waals surface area (Å²) in [5.74, 6) is -1.76. The number of carbonyl (C=O) groups excluding carboxylic acids is 2. The highest BCUT2D eigenvalue weighted by Gasteiger charge is 2.21. The standard InChI is InChI=1S/C24H19ClFN3O4/c1-13-10-18(14(2)29(13)15-8-9-20(26)19(25)11-15)21(30)12-33-24(32)22-16-6-4-5-7-17(16)23(31)28(3)27-22/h4-11H,12H2,1-3H3. The van der Waals surface area contributed by atoms with Gasteiger partial charge in [0.25, 0.3) is 5.56 Å². The average Bonchev–Trinajstić information content (AvgIpc) is 3.10. The zero-order valence-electron chi connectivity index (χ0n) is 18.1. The minimum Gasteiger partial charge on any atom is -0.452 e. The molecule has 0 amide bonds. The molecule has 33 heavy (non-hydrogen) atoms. The number of benzene rings is 2. The quantitative estimate of drug-likeness (QED) is 0.325. The summed E-state index contributed by atoms with van der Waals surface area (Å²) in [6.45, 7) is 3.03. The Hall–Kier alpha value is -3.78. The maximum Gasteiger partial charge on any atom is 0.359 e. The molecule has 0 fully saturated rings. The van der Waals surface area contributed by atoms with Crippen LogP contribution in [0.25, 0.3) is 16.5 Å². The molecule has 0 unspecified atom stereocenters. The van der Waals surface area contributed by atoms with Crippen LogP contribution < -0.4 is 5.56 Å². The van der Waals surface area contributed by atoms with Crippen LogP contribution in [0.5, 0.6) is 0 Å². The summed E-state index contributed by atoms with van der Waals surface area (Å²) >= 11 is 5.90. The number of halogens is 2. The summed E-state index contributed by atoms with van der Waals surface area (Å²) < 4.78 is 21.6. The Kier molecular flexibility index (Phi) is 5.86. The molecule has 9 heteroatoms. The van der Waals surface area contributed by atoms with E-state index in [1.165, 1.54) is 19.2 Å². The van der Waals surface area contributed by atoms with Crippen LogP contribution in [0, 0.1) is 19.7 Å². The lowest BCUT2D eigenvalue weighted by Crippen LogP contribution is -2.24. The fourth-order valence-electron chi connectivity index (χ4n) is 3.79. The van der Waals surface area contributed by atoms with E-state index in [-0.39, 0.29) is 16.3 Å². The first-order valence-corrected chi connectivity index (χ1v) is 10.4. The molecule has 0 radical (unpaired) electrons. The minimum atomic E-state index is -0.811. The Labute approximate surface area is 193 Å². The first-order chi connectivity index (χ1) is 15.7. The molecule has 0 aliphatic heterocycles. The second-order valence-corrected chi connectivity index (χ2v) is 7.95. The second kappa shape index (κ2) is 8.63. The van der Waals surface area contributed by atoms with Crippen molar-refractivity contribution in [3.63, 3.8) is 0 Å². The third kappa shape index (κ3) is 4.05. The van der Waals surface area contributed by atoms with Crippen molar-refractivity contribution < 1.29 is 18.7 Å². The lowest BCUT2D eigenvalue weighted by molar-refractivity contribution is 0.0468. The van der Waals surface area contributed by atoms with Crippen molar-refractivity contribution in [2.45, 2.75) is 13.8 Å². The molecule has 2 aromatic heterocycles. The highest BCUT2D eigenvalue weighted by molar-refractivity contribution is 6.30. The van der Waals surface area contributed by atoms with Gasteiger partial charge in [0.2, 0.25) is 5.78 Å². The van der Waals surface area contributed by atoms with Crippen LogP contribution >= 0.6 is 11.6 Å². The number of fused-ring (bicyclic) bond motifs is 1. The van der Waals surface area contributed by atoms with Crippen molar-refractivity contribution in [3.8, 4) is 5.69 Å². The Bertz CT molecular complexity index is 1490. The van der Waals surface area contributed by atoms with Crippen LogP contribution in [0.2, 0.25) is 5.02 Å². The second-order valence-electron chi connectivity index (χ2n) is 7.54. The molecule has 0 aliphatic carbocycles. The van der Waals surface area contributed by atoms with Crippen molar-refractivity contribution in [3.05, 3.63) is 92.4 Å². The minimum absolute atomic E-state index is 0.0289. The summed E-state index contributed by atoms with van der Waals surface area (Å²) in [6.07, 6.45) is 0. The van der Waals surface area contributed by atoms with Crippen molar-refractivity contribution in [1.82, 2.24) is 14.3 Å². The molecular formula is C24H19ClFN3O4. The van der Waals surface area contributed by atoms with Gasteiger partial charge in [0.05, 0.1) is 10.4 Å². The molecule has 0 bridgehead atoms. The lowest BCUT2D eigenvalue weighted by atomic mass is 10.1. The fraction of sp³-hybridized carbons (Fsp3) is 0.167. The van der Waals surface area contributed by atoms with E-state index in [0.717, 1.165) is 10.4 Å². The molecule has 0 saturated heterocycles. The van der Waals surface area contributed by atoms with Gasteiger partial charge in [-0.3, -0.25) is 9.59 Å². The van der Waals surface area contributed by atoms with Gasteiger partial charge in [-0.2, -0.15) is 5.10 Å². The van der Waals surface area contributed by atoms with Gasteiger partial charge >= 0.3 is 5.97 Å². The molecule has 0 N–H and O–H groups in total. The Morgan fingerprint density at radius 2 is 1.79 bits per heavy atom. The van der Waals surface area contributed by atoms with Crippen molar-refractivity contribution in [2.24, 2.45) is 7.05 Å². The number of hydrogen-bond acceptors (Lipinski definition) is 5. The molecule has 2 aromatic carbocycles. The van der Waals surface area contributed by atoms with E-state index >= 15 is 0 Å². The Morgan fingerprint density at radius 1 is 1.09 bits per heavy atom. The summed E-state index contributed by atoms with van der Waals surface area (Å²) in [5.41, 5.74) is 1.91. The zero-order chi connectivity index (χ0) is 23.9. The van der Waals surface area contributed by atoms with Crippen LogP contribution in [0.4, 0.5) is 4.39 Å². The number of aromatic nitrogens is 3. The van der Waals surface area contributed by atoms with Crippen molar-refractivity contribution in [2.75, 3.05) is 6.61 Å². The SMILES string of the molecule is Cc1cc(C(=O)COC(=O)c2nn(C)c(=O)c3ccccc23)c(C)n1-c1ccc(F)c(Cl)c1. The highest BCUT2D eigenvalue weighted by Crippen LogP contribution is 2.25. The van der Waals surface area contributed by atoms with Gasteiger partial charge in [0, 0.05) is 35.1 Å². The largest absolute Gasteiger partial charge is 0.452 e. The number of aryl methyl sites for hydroxylation is 2. The fourth-order valence-corrected chi connectivity index (χ4v) is 3.97. The van der Waals surface area contributed by atoms with Crippen LogP contribution in [-0.4, -0.2) is 32.7 Å². The number of nitrogens with zero attached hydrogens (tertiary/aromatic N) is 3. The number of Topliss-reactive ketones (excluding diaryl/α,β-unsaturated/α-hetero) is 1. The summed E-state index contributed by atoms with van der Waals surface area (Å²) in [4.78, 5) is 37.8. The van der Waals surface area contributed by atoms with Gasteiger partial charge < -0.3 is 9.30 Å².